The summed E-state index contributed by atoms with van der Waals surface area (Å²) in [5.74, 6) is -2.62. The molecule has 0 spiro atoms. The minimum atomic E-state index is -1.81. The van der Waals surface area contributed by atoms with E-state index in [1.165, 1.54) is 14.0 Å². The minimum Gasteiger partial charge on any atom is -0.459 e. The molecule has 15 heteroatoms. The summed E-state index contributed by atoms with van der Waals surface area (Å²) in [7, 11) is 7.12. The third kappa shape index (κ3) is 10.3. The van der Waals surface area contributed by atoms with Gasteiger partial charge in [-0.25, -0.2) is 0 Å². The summed E-state index contributed by atoms with van der Waals surface area (Å²) in [4.78, 5) is 21.6. The maximum atomic E-state index is 14.2. The summed E-state index contributed by atoms with van der Waals surface area (Å²) in [6.45, 7) is 18.1. The Hall–Kier alpha value is -1.55. The van der Waals surface area contributed by atoms with Crippen LogP contribution in [0.4, 0.5) is 0 Å². The SMILES string of the molecule is CC[C@H]1OC(=O)[C@H](C)[C@@H](O[C@H]2C[C@@](C)(OC)C([N+]#N)[C@H](C)O2)[C@H](C)[C@@H](O[C@@H]2O[C@H](C)C[C@H](N(C)C)[C@H]2O)[C@](C)(O)C[C@@H](C)CN(C)[C@@H](C)[C@@H](O)[C@]1(C)O. The first-order valence-corrected chi connectivity index (χ1v) is 19.3. The van der Waals surface area contributed by atoms with E-state index in [0.717, 1.165) is 0 Å². The van der Waals surface area contributed by atoms with Gasteiger partial charge < -0.3 is 58.6 Å². The first-order chi connectivity index (χ1) is 24.4. The molecule has 4 N–H and O–H groups in total. The van der Waals surface area contributed by atoms with Crippen LogP contribution in [0.25, 0.3) is 4.98 Å². The highest BCUT2D eigenvalue weighted by atomic mass is 16.7. The lowest BCUT2D eigenvalue weighted by Crippen LogP contribution is -2.60. The van der Waals surface area contributed by atoms with Crippen molar-refractivity contribution in [3.05, 3.63) is 4.98 Å². The maximum Gasteiger partial charge on any atom is 0.367 e. The first-order valence-electron chi connectivity index (χ1n) is 19.3. The molecule has 0 aliphatic carbocycles. The van der Waals surface area contributed by atoms with Crippen LogP contribution < -0.4 is 0 Å². The van der Waals surface area contributed by atoms with Gasteiger partial charge in [-0.05, 0) is 94.8 Å². The smallest absolute Gasteiger partial charge is 0.367 e. The number of likely N-dealkylation sites (N-methyl/N-ethyl adjacent to an activating group) is 2. The highest BCUT2D eigenvalue weighted by molar-refractivity contribution is 5.73. The van der Waals surface area contributed by atoms with Gasteiger partial charge in [-0.1, -0.05) is 20.8 Å². The Kier molecular flexibility index (Phi) is 15.7. The van der Waals surface area contributed by atoms with Crippen LogP contribution in [0.3, 0.4) is 0 Å². The molecule has 308 valence electrons. The molecule has 3 aliphatic rings. The number of esters is 1. The molecule has 3 saturated heterocycles. The van der Waals surface area contributed by atoms with Gasteiger partial charge in [0.2, 0.25) is 5.39 Å². The summed E-state index contributed by atoms with van der Waals surface area (Å²) in [6.07, 6.45) is -7.28. The van der Waals surface area contributed by atoms with Gasteiger partial charge in [0, 0.05) is 38.1 Å². The van der Waals surface area contributed by atoms with Crippen LogP contribution in [-0.2, 0) is 33.2 Å². The van der Waals surface area contributed by atoms with Gasteiger partial charge in [0.25, 0.3) is 0 Å². The van der Waals surface area contributed by atoms with Gasteiger partial charge in [0.15, 0.2) is 18.2 Å². The monoisotopic (exact) mass is 760 g/mol. The number of diazo groups is 1. The molecule has 0 radical (unpaired) electrons. The van der Waals surface area contributed by atoms with Gasteiger partial charge in [-0.15, -0.1) is 0 Å². The van der Waals surface area contributed by atoms with Crippen LogP contribution in [0.5, 0.6) is 0 Å². The zero-order valence-electron chi connectivity index (χ0n) is 34.6. The Labute approximate surface area is 317 Å². The van der Waals surface area contributed by atoms with Crippen molar-refractivity contribution < 1.29 is 53.6 Å². The number of carbonyl (C=O) groups excluding carboxylic acids is 1. The largest absolute Gasteiger partial charge is 0.459 e. The second-order valence-electron chi connectivity index (χ2n) is 17.3. The Morgan fingerprint density at radius 2 is 1.64 bits per heavy atom. The van der Waals surface area contributed by atoms with Crippen molar-refractivity contribution in [2.45, 2.75) is 185 Å². The van der Waals surface area contributed by atoms with Crippen LogP contribution in [0.15, 0.2) is 0 Å². The van der Waals surface area contributed by atoms with Crippen molar-refractivity contribution >= 4 is 5.97 Å². The van der Waals surface area contributed by atoms with Gasteiger partial charge in [0.05, 0.1) is 29.8 Å². The van der Waals surface area contributed by atoms with Crippen LogP contribution in [0.1, 0.15) is 94.9 Å². The summed E-state index contributed by atoms with van der Waals surface area (Å²) in [5.41, 5.74) is -4.35. The number of rotatable bonds is 7. The molecule has 0 saturated carbocycles. The maximum absolute atomic E-state index is 14.2. The molecule has 0 amide bonds. The molecule has 0 aromatic carbocycles. The number of nitrogens with zero attached hydrogens (tertiary/aromatic N) is 4. The number of aliphatic hydroxyl groups is 4. The zero-order valence-corrected chi connectivity index (χ0v) is 34.6. The number of ether oxygens (including phenoxy) is 6. The van der Waals surface area contributed by atoms with Crippen molar-refractivity contribution in [3.63, 3.8) is 0 Å². The summed E-state index contributed by atoms with van der Waals surface area (Å²) >= 11 is 0. The molecular weight excluding hydrogens is 688 g/mol. The van der Waals surface area contributed by atoms with Crippen LogP contribution in [0, 0.1) is 23.1 Å². The number of carbonyl (C=O) groups is 1. The predicted octanol–water partition coefficient (Wildman–Crippen LogP) is 2.76. The van der Waals surface area contributed by atoms with Crippen molar-refractivity contribution in [2.75, 3.05) is 34.8 Å². The topological polar surface area (TPSA) is 188 Å². The Morgan fingerprint density at radius 3 is 2.19 bits per heavy atom. The van der Waals surface area contributed by atoms with E-state index in [9.17, 15) is 30.6 Å². The van der Waals surface area contributed by atoms with Gasteiger partial charge in [0.1, 0.15) is 35.0 Å². The van der Waals surface area contributed by atoms with Gasteiger partial charge >= 0.3 is 12.0 Å². The number of hydrogen-bond acceptors (Lipinski definition) is 14. The number of methoxy groups -OCH3 is 1. The number of hydrogen-bond donors (Lipinski definition) is 4. The fourth-order valence-corrected chi connectivity index (χ4v) is 8.95. The first kappa shape index (κ1) is 45.8. The van der Waals surface area contributed by atoms with Crippen molar-refractivity contribution in [3.8, 4) is 0 Å². The fraction of sp³-hybridized carbons (Fsp3) is 0.974. The molecule has 53 heavy (non-hydrogen) atoms. The molecule has 0 aromatic heterocycles. The molecule has 18 atom stereocenters. The zero-order chi connectivity index (χ0) is 40.4. The Morgan fingerprint density at radius 1 is 1.02 bits per heavy atom. The van der Waals surface area contributed by atoms with Gasteiger partial charge in [-0.3, -0.25) is 4.79 Å². The highest BCUT2D eigenvalue weighted by Crippen LogP contribution is 2.40. The molecule has 3 fully saturated rings. The second kappa shape index (κ2) is 18.1. The molecule has 3 rings (SSSR count). The number of aliphatic hydroxyl groups excluding tert-OH is 2. The average molecular weight is 760 g/mol. The lowest BCUT2D eigenvalue weighted by molar-refractivity contribution is -0.310. The average Bonchev–Trinajstić information content (AvgIpc) is 3.07. The van der Waals surface area contributed by atoms with Crippen LogP contribution in [0.2, 0.25) is 0 Å². The minimum absolute atomic E-state index is 0.141. The van der Waals surface area contributed by atoms with Crippen molar-refractivity contribution in [1.29, 1.82) is 5.39 Å². The standard InChI is InChI=1S/C38H71N4O11/c1-15-27-38(10,47)32(44)24(6)42(13)19-20(2)17-36(8,46)33(53-35-29(43)26(41(11)12)16-21(3)49-35)22(4)30(23(5)34(45)51-27)52-28-18-37(9,48-14)31(40-39)25(7)50-28/h20-33,35,43-44,46-47H,15-19H2,1-14H3/q+1/t20-,21-,22+,23-,24+,25+,26+,27-,28+,29-,30+,31?,32-,33-,35+,36-,37-,38-/m1/s1. The Bertz CT molecular complexity index is 1230. The van der Waals surface area contributed by atoms with Crippen molar-refractivity contribution in [1.82, 2.24) is 9.80 Å². The predicted molar refractivity (Wildman–Crippen MR) is 197 cm³/mol. The lowest BCUT2D eigenvalue weighted by Gasteiger charge is -2.48. The molecule has 0 aromatic rings. The lowest BCUT2D eigenvalue weighted by atomic mass is 9.77. The fourth-order valence-electron chi connectivity index (χ4n) is 8.95. The van der Waals surface area contributed by atoms with E-state index in [4.69, 9.17) is 28.4 Å². The molecule has 0 bridgehead atoms. The van der Waals surface area contributed by atoms with Crippen LogP contribution >= 0.6 is 0 Å². The van der Waals surface area contributed by atoms with Gasteiger partial charge in [-0.2, -0.15) is 0 Å². The molecule has 1 unspecified atom stereocenters. The van der Waals surface area contributed by atoms with E-state index in [0.29, 0.717) is 13.0 Å². The summed E-state index contributed by atoms with van der Waals surface area (Å²) < 4.78 is 37.8. The molecule has 3 heterocycles. The van der Waals surface area contributed by atoms with Crippen molar-refractivity contribution in [2.24, 2.45) is 17.8 Å². The Balaban J connectivity index is 2.19. The summed E-state index contributed by atoms with van der Waals surface area (Å²) in [6, 6.07) is -1.53. The van der Waals surface area contributed by atoms with E-state index >= 15 is 0 Å². The number of cyclic esters (lactones) is 1. The molecular formula is C38H71N4O11+. The van der Waals surface area contributed by atoms with E-state index in [2.05, 4.69) is 4.98 Å². The third-order valence-electron chi connectivity index (χ3n) is 12.3. The normalized spacial score (nSPS) is 48.7. The van der Waals surface area contributed by atoms with E-state index < -0.39 is 95.9 Å². The van der Waals surface area contributed by atoms with E-state index in [-0.39, 0.29) is 37.3 Å². The quantitative estimate of drug-likeness (QED) is 0.219. The summed E-state index contributed by atoms with van der Waals surface area (Å²) in [5, 5.41) is 57.1. The highest BCUT2D eigenvalue weighted by Gasteiger charge is 2.57. The molecule has 3 aliphatic heterocycles. The molecule has 15 nitrogen and oxygen atoms in total. The van der Waals surface area contributed by atoms with E-state index in [1.54, 1.807) is 41.5 Å². The third-order valence-corrected chi connectivity index (χ3v) is 12.3. The van der Waals surface area contributed by atoms with Crippen LogP contribution in [-0.4, -0.2) is 161 Å². The van der Waals surface area contributed by atoms with E-state index in [1.807, 2.05) is 51.7 Å². The second-order valence-corrected chi connectivity index (χ2v) is 17.3.